The number of amides is 1. The normalized spacial score (nSPS) is 25.0. The first-order chi connectivity index (χ1) is 9.99. The third-order valence-electron chi connectivity index (χ3n) is 4.05. The molecule has 5 nitrogen and oxygen atoms in total. The largest absolute Gasteiger partial charge is 0.377 e. The van der Waals surface area contributed by atoms with Crippen molar-refractivity contribution in [2.24, 2.45) is 5.92 Å². The summed E-state index contributed by atoms with van der Waals surface area (Å²) in [5, 5.41) is 19.4. The Morgan fingerprint density at radius 2 is 2.00 bits per heavy atom. The van der Waals surface area contributed by atoms with E-state index >= 15 is 0 Å². The minimum Gasteiger partial charge on any atom is -0.377 e. The van der Waals surface area contributed by atoms with Crippen molar-refractivity contribution in [3.8, 4) is 0 Å². The van der Waals surface area contributed by atoms with Crippen molar-refractivity contribution in [2.45, 2.75) is 32.7 Å². The number of nitrogens with one attached hydrogen (secondary N) is 3. The highest BCUT2D eigenvalue weighted by molar-refractivity contribution is 8.18. The molecular formula is C15H19N3O2S. The van der Waals surface area contributed by atoms with E-state index in [1.807, 2.05) is 6.92 Å². The van der Waals surface area contributed by atoms with Gasteiger partial charge in [0.1, 0.15) is 0 Å². The second-order valence-corrected chi connectivity index (χ2v) is 6.80. The summed E-state index contributed by atoms with van der Waals surface area (Å²) in [5.41, 5.74) is 3.07. The van der Waals surface area contributed by atoms with Gasteiger partial charge < -0.3 is 15.5 Å². The molecule has 3 aliphatic rings. The van der Waals surface area contributed by atoms with Crippen molar-refractivity contribution in [3.05, 3.63) is 21.6 Å². The maximum Gasteiger partial charge on any atom is 0.258 e. The summed E-state index contributed by atoms with van der Waals surface area (Å²) in [5.74, 6) is 0.286. The highest BCUT2D eigenvalue weighted by Gasteiger charge is 2.40. The molecule has 1 aliphatic carbocycles. The van der Waals surface area contributed by atoms with Gasteiger partial charge in [-0.1, -0.05) is 11.8 Å². The second-order valence-electron chi connectivity index (χ2n) is 5.78. The van der Waals surface area contributed by atoms with Crippen LogP contribution in [0.1, 0.15) is 26.7 Å². The van der Waals surface area contributed by atoms with Gasteiger partial charge in [0.2, 0.25) is 0 Å². The minimum atomic E-state index is -0.0922. The van der Waals surface area contributed by atoms with E-state index in [9.17, 15) is 4.79 Å². The van der Waals surface area contributed by atoms with Crippen molar-refractivity contribution in [2.75, 3.05) is 13.2 Å². The van der Waals surface area contributed by atoms with Gasteiger partial charge in [-0.2, -0.15) is 0 Å². The molecule has 0 bridgehead atoms. The van der Waals surface area contributed by atoms with Crippen LogP contribution in [-0.4, -0.2) is 35.9 Å². The van der Waals surface area contributed by atoms with E-state index in [-0.39, 0.29) is 11.9 Å². The molecule has 2 fully saturated rings. The smallest absolute Gasteiger partial charge is 0.258 e. The van der Waals surface area contributed by atoms with E-state index in [1.165, 1.54) is 11.8 Å². The maximum atomic E-state index is 12.5. The second kappa shape index (κ2) is 5.42. The van der Waals surface area contributed by atoms with Gasteiger partial charge in [0.05, 0.1) is 29.2 Å². The molecule has 3 N–H and O–H groups in total. The van der Waals surface area contributed by atoms with Crippen LogP contribution in [0, 0.1) is 16.7 Å². The van der Waals surface area contributed by atoms with Crippen molar-refractivity contribution in [3.63, 3.8) is 0 Å². The van der Waals surface area contributed by atoms with Crippen LogP contribution in [0.15, 0.2) is 21.6 Å². The van der Waals surface area contributed by atoms with Crippen LogP contribution in [0.25, 0.3) is 0 Å². The van der Waals surface area contributed by atoms with Crippen molar-refractivity contribution < 1.29 is 9.53 Å². The van der Waals surface area contributed by atoms with Gasteiger partial charge in [0.15, 0.2) is 0 Å². The lowest BCUT2D eigenvalue weighted by molar-refractivity contribution is -0.120. The lowest BCUT2D eigenvalue weighted by atomic mass is 9.95. The van der Waals surface area contributed by atoms with Gasteiger partial charge >= 0.3 is 0 Å². The summed E-state index contributed by atoms with van der Waals surface area (Å²) >= 11 is 1.24. The Kier molecular flexibility index (Phi) is 3.75. The Morgan fingerprint density at radius 3 is 2.48 bits per heavy atom. The highest BCUT2D eigenvalue weighted by atomic mass is 32.2. The van der Waals surface area contributed by atoms with Crippen LogP contribution in [0.2, 0.25) is 0 Å². The van der Waals surface area contributed by atoms with Crippen molar-refractivity contribution in [1.82, 2.24) is 5.32 Å². The molecule has 6 heteroatoms. The predicted molar refractivity (Wildman–Crippen MR) is 83.9 cm³/mol. The molecule has 0 aromatic rings. The summed E-state index contributed by atoms with van der Waals surface area (Å²) in [6.07, 6.45) is 2.14. The van der Waals surface area contributed by atoms with Gasteiger partial charge in [-0.25, -0.2) is 0 Å². The van der Waals surface area contributed by atoms with Gasteiger partial charge in [-0.05, 0) is 43.8 Å². The number of thioether (sulfide) groups is 1. The zero-order valence-electron chi connectivity index (χ0n) is 12.2. The van der Waals surface area contributed by atoms with Gasteiger partial charge in [0, 0.05) is 11.3 Å². The fourth-order valence-electron chi connectivity index (χ4n) is 2.50. The van der Waals surface area contributed by atoms with Crippen molar-refractivity contribution in [1.29, 1.82) is 10.8 Å². The van der Waals surface area contributed by atoms with Gasteiger partial charge in [-0.15, -0.1) is 0 Å². The molecule has 1 amide bonds. The minimum absolute atomic E-state index is 0.0922. The number of ether oxygens (including phenoxy) is 1. The fraction of sp³-hybridized carbons (Fsp3) is 0.533. The molecule has 1 saturated heterocycles. The first-order valence-corrected chi connectivity index (χ1v) is 7.97. The Labute approximate surface area is 128 Å². The first kappa shape index (κ1) is 14.5. The van der Waals surface area contributed by atoms with E-state index in [1.54, 1.807) is 6.92 Å². The molecule has 0 aromatic heterocycles. The quantitative estimate of drug-likeness (QED) is 0.696. The number of rotatable bonds is 4. The van der Waals surface area contributed by atoms with Crippen LogP contribution in [0.3, 0.4) is 0 Å². The Hall–Kier alpha value is -1.40. The van der Waals surface area contributed by atoms with Crippen molar-refractivity contribution >= 4 is 28.4 Å². The van der Waals surface area contributed by atoms with Crippen LogP contribution < -0.4 is 5.32 Å². The van der Waals surface area contributed by atoms with Gasteiger partial charge in [0.25, 0.3) is 5.91 Å². The number of allylic oxidation sites excluding steroid dienone is 2. The molecular weight excluding hydrogens is 286 g/mol. The van der Waals surface area contributed by atoms with E-state index in [4.69, 9.17) is 15.6 Å². The Balaban J connectivity index is 1.95. The molecule has 0 aromatic carbocycles. The number of hydrogen-bond acceptors (Lipinski definition) is 5. The number of hydrogen-bond donors (Lipinski definition) is 3. The molecule has 0 unspecified atom stereocenters. The highest BCUT2D eigenvalue weighted by Crippen LogP contribution is 2.50. The summed E-state index contributed by atoms with van der Waals surface area (Å²) in [7, 11) is 0. The van der Waals surface area contributed by atoms with E-state index in [0.29, 0.717) is 34.8 Å². The van der Waals surface area contributed by atoms with Crippen LogP contribution in [0.5, 0.6) is 0 Å². The SMILES string of the molecule is CC(=N)/C(C)=C1\C(=N)SC(C(=O)NC2COC2)=C1C1CC1. The lowest BCUT2D eigenvalue weighted by Crippen LogP contribution is -2.48. The molecule has 1 saturated carbocycles. The monoisotopic (exact) mass is 305 g/mol. The molecule has 2 aliphatic heterocycles. The molecule has 3 rings (SSSR count). The third kappa shape index (κ3) is 2.70. The molecule has 21 heavy (non-hydrogen) atoms. The molecule has 0 atom stereocenters. The van der Waals surface area contributed by atoms with E-state index in [2.05, 4.69) is 5.32 Å². The maximum absolute atomic E-state index is 12.5. The summed E-state index contributed by atoms with van der Waals surface area (Å²) < 4.78 is 5.08. The van der Waals surface area contributed by atoms with Crippen LogP contribution in [-0.2, 0) is 9.53 Å². The average Bonchev–Trinajstić information content (AvgIpc) is 3.16. The zero-order valence-corrected chi connectivity index (χ0v) is 13.0. The Morgan fingerprint density at radius 1 is 1.33 bits per heavy atom. The topological polar surface area (TPSA) is 86.0 Å². The average molecular weight is 305 g/mol. The molecule has 0 spiro atoms. The zero-order chi connectivity index (χ0) is 15.1. The standard InChI is InChI=1S/C15H19N3O2S/c1-7(8(2)16)11-12(9-3-4-9)13(21-14(11)17)15(19)18-10-5-20-6-10/h9-10,16-17H,3-6H2,1-2H3,(H,18,19)/b11-7-,16-8?,17-14?. The van der Waals surface area contributed by atoms with E-state index in [0.717, 1.165) is 29.6 Å². The number of carbonyl (C=O) groups excluding carboxylic acids is 1. The summed E-state index contributed by atoms with van der Waals surface area (Å²) in [4.78, 5) is 13.1. The van der Waals surface area contributed by atoms with Crippen LogP contribution >= 0.6 is 11.8 Å². The fourth-order valence-corrected chi connectivity index (χ4v) is 3.60. The molecule has 2 heterocycles. The van der Waals surface area contributed by atoms with Crippen LogP contribution in [0.4, 0.5) is 0 Å². The lowest BCUT2D eigenvalue weighted by Gasteiger charge is -2.27. The number of carbonyl (C=O) groups is 1. The van der Waals surface area contributed by atoms with Gasteiger partial charge in [-0.3, -0.25) is 10.2 Å². The Bertz CT molecular complexity index is 598. The predicted octanol–water partition coefficient (Wildman–Crippen LogP) is 2.25. The first-order valence-electron chi connectivity index (χ1n) is 7.15. The summed E-state index contributed by atoms with van der Waals surface area (Å²) in [6, 6.07) is 0.0961. The summed E-state index contributed by atoms with van der Waals surface area (Å²) in [6.45, 7) is 4.74. The molecule has 112 valence electrons. The molecule has 0 radical (unpaired) electrons. The van der Waals surface area contributed by atoms with E-state index < -0.39 is 0 Å². The third-order valence-corrected chi connectivity index (χ3v) is 5.07.